The van der Waals surface area contributed by atoms with Crippen molar-refractivity contribution in [2.75, 3.05) is 0 Å². The van der Waals surface area contributed by atoms with Gasteiger partial charge in [-0.05, 0) is 6.92 Å². The number of halogens is 8. The van der Waals surface area contributed by atoms with E-state index >= 15 is 0 Å². The topological polar surface area (TPSA) is 20.2 Å². The summed E-state index contributed by atoms with van der Waals surface area (Å²) in [5.41, 5.74) is -5.21. The van der Waals surface area contributed by atoms with Gasteiger partial charge in [0.2, 0.25) is 5.82 Å². The summed E-state index contributed by atoms with van der Waals surface area (Å²) in [7, 11) is 0. The van der Waals surface area contributed by atoms with Crippen molar-refractivity contribution >= 4 is 0 Å². The Kier molecular flexibility index (Phi) is 3.81. The van der Waals surface area contributed by atoms with Crippen LogP contribution in [-0.2, 0) is 5.60 Å². The Morgan fingerprint density at radius 2 is 1.11 bits per heavy atom. The van der Waals surface area contributed by atoms with Crippen LogP contribution in [0.2, 0.25) is 0 Å². The van der Waals surface area contributed by atoms with Crippen LogP contribution in [0.5, 0.6) is 0 Å². The fourth-order valence-corrected chi connectivity index (χ4v) is 1.56. The molecule has 1 aromatic rings. The molecule has 0 aliphatic rings. The zero-order valence-electron chi connectivity index (χ0n) is 9.18. The fourth-order valence-electron chi connectivity index (χ4n) is 1.56. The van der Waals surface area contributed by atoms with E-state index in [-0.39, 0.29) is 0 Å². The van der Waals surface area contributed by atoms with Crippen LogP contribution in [0.15, 0.2) is 0 Å². The molecule has 0 heterocycles. The van der Waals surface area contributed by atoms with E-state index in [9.17, 15) is 40.2 Å². The smallest absolute Gasteiger partial charge is 0.385 e. The predicted molar refractivity (Wildman–Crippen MR) is 46.5 cm³/mol. The predicted octanol–water partition coefficient (Wildman–Crippen LogP) is 3.54. The summed E-state index contributed by atoms with van der Waals surface area (Å²) < 4.78 is 101. The van der Waals surface area contributed by atoms with Crippen LogP contribution in [0.4, 0.5) is 35.1 Å². The molecule has 1 atom stereocenters. The summed E-state index contributed by atoms with van der Waals surface area (Å²) in [6, 6.07) is 0. The molecular formula is C10H6F8O. The first-order valence-corrected chi connectivity index (χ1v) is 4.69. The maximum absolute atomic E-state index is 13.2. The third-order valence-electron chi connectivity index (χ3n) is 2.29. The first-order valence-electron chi connectivity index (χ1n) is 4.69. The average Bonchev–Trinajstić information content (AvgIpc) is 2.20. The molecule has 0 aromatic heterocycles. The van der Waals surface area contributed by atoms with Gasteiger partial charge in [0.05, 0.1) is 12.0 Å². The van der Waals surface area contributed by atoms with Gasteiger partial charge in [-0.25, -0.2) is 22.0 Å². The van der Waals surface area contributed by atoms with Gasteiger partial charge in [-0.1, -0.05) is 0 Å². The van der Waals surface area contributed by atoms with Crippen molar-refractivity contribution in [1.29, 1.82) is 0 Å². The number of aliphatic hydroxyl groups is 1. The number of rotatable bonds is 2. The molecule has 0 aliphatic heterocycles. The van der Waals surface area contributed by atoms with Gasteiger partial charge >= 0.3 is 6.18 Å². The van der Waals surface area contributed by atoms with Crippen LogP contribution in [0.1, 0.15) is 18.9 Å². The molecule has 0 fully saturated rings. The largest absolute Gasteiger partial charge is 0.392 e. The van der Waals surface area contributed by atoms with Crippen molar-refractivity contribution in [3.8, 4) is 0 Å². The standard InChI is InChI=1S/C10H6F8O/c1-9(19,2-10(16,17)18)3-4(11)6(13)8(15)7(14)5(3)12/h19H,2H2,1H3. The molecule has 0 saturated heterocycles. The maximum atomic E-state index is 13.2. The van der Waals surface area contributed by atoms with E-state index < -0.39 is 52.8 Å². The van der Waals surface area contributed by atoms with Crippen molar-refractivity contribution in [2.24, 2.45) is 0 Å². The molecule has 108 valence electrons. The van der Waals surface area contributed by atoms with E-state index in [0.29, 0.717) is 6.92 Å². The first kappa shape index (κ1) is 15.7. The maximum Gasteiger partial charge on any atom is 0.392 e. The summed E-state index contributed by atoms with van der Waals surface area (Å²) >= 11 is 0. The molecule has 1 N–H and O–H groups in total. The molecule has 0 amide bonds. The monoisotopic (exact) mass is 294 g/mol. The molecular weight excluding hydrogens is 288 g/mol. The van der Waals surface area contributed by atoms with Crippen molar-refractivity contribution in [3.63, 3.8) is 0 Å². The van der Waals surface area contributed by atoms with Crippen molar-refractivity contribution < 1.29 is 40.2 Å². The lowest BCUT2D eigenvalue weighted by Crippen LogP contribution is -2.32. The van der Waals surface area contributed by atoms with Crippen molar-refractivity contribution in [3.05, 3.63) is 34.6 Å². The first-order chi connectivity index (χ1) is 8.38. The lowest BCUT2D eigenvalue weighted by atomic mass is 9.90. The quantitative estimate of drug-likeness (QED) is 0.502. The summed E-state index contributed by atoms with van der Waals surface area (Å²) in [6.45, 7) is 0.304. The lowest BCUT2D eigenvalue weighted by Gasteiger charge is -2.26. The highest BCUT2D eigenvalue weighted by molar-refractivity contribution is 5.29. The van der Waals surface area contributed by atoms with Gasteiger partial charge in [-0.3, -0.25) is 0 Å². The molecule has 0 bridgehead atoms. The summed E-state index contributed by atoms with van der Waals surface area (Å²) in [4.78, 5) is 0. The second kappa shape index (κ2) is 4.62. The lowest BCUT2D eigenvalue weighted by molar-refractivity contribution is -0.175. The Labute approximate surface area is 101 Å². The van der Waals surface area contributed by atoms with E-state index in [4.69, 9.17) is 0 Å². The Morgan fingerprint density at radius 3 is 1.42 bits per heavy atom. The highest BCUT2D eigenvalue weighted by atomic mass is 19.4. The third-order valence-corrected chi connectivity index (χ3v) is 2.29. The normalized spacial score (nSPS) is 15.5. The molecule has 1 aromatic carbocycles. The van der Waals surface area contributed by atoms with Gasteiger partial charge in [-0.15, -0.1) is 0 Å². The van der Waals surface area contributed by atoms with Crippen LogP contribution < -0.4 is 0 Å². The van der Waals surface area contributed by atoms with Crippen molar-refractivity contribution in [1.82, 2.24) is 0 Å². The third kappa shape index (κ3) is 2.96. The Bertz CT molecular complexity index is 476. The number of benzene rings is 1. The van der Waals surface area contributed by atoms with Crippen LogP contribution in [0.3, 0.4) is 0 Å². The molecule has 9 heteroatoms. The van der Waals surface area contributed by atoms with Gasteiger partial charge in [0.1, 0.15) is 5.60 Å². The van der Waals surface area contributed by atoms with Crippen LogP contribution in [0, 0.1) is 29.1 Å². The van der Waals surface area contributed by atoms with Gasteiger partial charge in [0, 0.05) is 0 Å². The minimum Gasteiger partial charge on any atom is -0.385 e. The van der Waals surface area contributed by atoms with Crippen LogP contribution >= 0.6 is 0 Å². The fraction of sp³-hybridized carbons (Fsp3) is 0.400. The summed E-state index contributed by atoms with van der Waals surface area (Å²) in [6.07, 6.45) is -7.23. The molecule has 0 radical (unpaired) electrons. The zero-order valence-corrected chi connectivity index (χ0v) is 9.18. The van der Waals surface area contributed by atoms with E-state index in [2.05, 4.69) is 0 Å². The molecule has 0 spiro atoms. The number of hydrogen-bond acceptors (Lipinski definition) is 1. The van der Waals surface area contributed by atoms with E-state index in [1.54, 1.807) is 0 Å². The molecule has 1 unspecified atom stereocenters. The van der Waals surface area contributed by atoms with Gasteiger partial charge in [0.25, 0.3) is 0 Å². The molecule has 0 saturated carbocycles. The highest BCUT2D eigenvalue weighted by Gasteiger charge is 2.44. The van der Waals surface area contributed by atoms with Gasteiger partial charge in [0.15, 0.2) is 23.3 Å². The number of hydrogen-bond donors (Lipinski definition) is 1. The van der Waals surface area contributed by atoms with Gasteiger partial charge in [-0.2, -0.15) is 13.2 Å². The Balaban J connectivity index is 3.51. The highest BCUT2D eigenvalue weighted by Crippen LogP contribution is 2.38. The molecule has 1 rings (SSSR count). The minimum absolute atomic E-state index is 0.304. The average molecular weight is 294 g/mol. The SMILES string of the molecule is CC(O)(CC(F)(F)F)c1c(F)c(F)c(F)c(F)c1F. The van der Waals surface area contributed by atoms with Gasteiger partial charge < -0.3 is 5.11 Å². The molecule has 19 heavy (non-hydrogen) atoms. The summed E-state index contributed by atoms with van der Waals surface area (Å²) in [5, 5.41) is 9.37. The Hall–Kier alpha value is -1.38. The van der Waals surface area contributed by atoms with Crippen LogP contribution in [0.25, 0.3) is 0 Å². The molecule has 0 aliphatic carbocycles. The molecule has 1 nitrogen and oxygen atoms in total. The van der Waals surface area contributed by atoms with E-state index in [0.717, 1.165) is 0 Å². The van der Waals surface area contributed by atoms with E-state index in [1.807, 2.05) is 0 Å². The summed E-state index contributed by atoms with van der Waals surface area (Å²) in [5.74, 6) is -12.3. The zero-order chi connectivity index (χ0) is 15.2. The Morgan fingerprint density at radius 1 is 0.789 bits per heavy atom. The minimum atomic E-state index is -5.07. The second-order valence-electron chi connectivity index (χ2n) is 4.01. The van der Waals surface area contributed by atoms with Crippen LogP contribution in [-0.4, -0.2) is 11.3 Å². The number of alkyl halides is 3. The second-order valence-corrected chi connectivity index (χ2v) is 4.01. The van der Waals surface area contributed by atoms with Crippen molar-refractivity contribution in [2.45, 2.75) is 25.1 Å². The van der Waals surface area contributed by atoms with E-state index in [1.165, 1.54) is 0 Å².